The van der Waals surface area contributed by atoms with Crippen LogP contribution in [0.2, 0.25) is 0 Å². The Kier molecular flexibility index (Phi) is 4.52. The van der Waals surface area contributed by atoms with E-state index in [2.05, 4.69) is 17.1 Å². The highest BCUT2D eigenvalue weighted by atomic mass is 19.1. The van der Waals surface area contributed by atoms with Gasteiger partial charge in [0, 0.05) is 18.3 Å². The number of benzene rings is 1. The second-order valence-electron chi connectivity index (χ2n) is 5.91. The van der Waals surface area contributed by atoms with Gasteiger partial charge in [0.05, 0.1) is 6.61 Å². The number of aryl methyl sites for hydroxylation is 1. The summed E-state index contributed by atoms with van der Waals surface area (Å²) in [5.41, 5.74) is 0.615. The molecular weight excluding hydrogens is 271 g/mol. The number of ether oxygens (including phenoxy) is 1. The van der Waals surface area contributed by atoms with Crippen LogP contribution in [0.4, 0.5) is 10.1 Å². The number of rotatable bonds is 4. The van der Waals surface area contributed by atoms with Gasteiger partial charge in [0.1, 0.15) is 11.4 Å². The number of hydrogen-bond donors (Lipinski definition) is 1. The molecule has 1 aliphatic rings. The molecule has 1 heterocycles. The monoisotopic (exact) mass is 294 g/mol. The van der Waals surface area contributed by atoms with Crippen molar-refractivity contribution in [2.24, 2.45) is 0 Å². The summed E-state index contributed by atoms with van der Waals surface area (Å²) in [5, 5.41) is 3.23. The van der Waals surface area contributed by atoms with Crippen LogP contribution < -0.4 is 5.32 Å². The molecule has 1 fully saturated rings. The van der Waals surface area contributed by atoms with Gasteiger partial charge in [-0.25, -0.2) is 9.18 Å². The molecule has 1 saturated heterocycles. The van der Waals surface area contributed by atoms with Gasteiger partial charge in [-0.05, 0) is 58.0 Å². The van der Waals surface area contributed by atoms with E-state index in [1.165, 1.54) is 12.1 Å². The molecule has 0 bridgehead atoms. The van der Waals surface area contributed by atoms with E-state index < -0.39 is 5.54 Å². The van der Waals surface area contributed by atoms with Crippen LogP contribution in [0.5, 0.6) is 0 Å². The third-order valence-corrected chi connectivity index (χ3v) is 4.01. The van der Waals surface area contributed by atoms with E-state index >= 15 is 0 Å². The van der Waals surface area contributed by atoms with Crippen LogP contribution in [-0.4, -0.2) is 42.6 Å². The normalized spacial score (nSPS) is 25.9. The maximum absolute atomic E-state index is 13.6. The van der Waals surface area contributed by atoms with Crippen molar-refractivity contribution < 1.29 is 13.9 Å². The molecule has 1 aromatic carbocycles. The lowest BCUT2D eigenvalue weighted by atomic mass is 9.95. The molecule has 2 unspecified atom stereocenters. The van der Waals surface area contributed by atoms with E-state index in [-0.39, 0.29) is 17.8 Å². The molecule has 116 valence electrons. The number of halogens is 1. The van der Waals surface area contributed by atoms with Crippen molar-refractivity contribution in [2.45, 2.75) is 38.8 Å². The molecule has 0 aliphatic carbocycles. The molecule has 21 heavy (non-hydrogen) atoms. The van der Waals surface area contributed by atoms with Crippen molar-refractivity contribution in [3.8, 4) is 0 Å². The number of likely N-dealkylation sites (tertiary alicyclic amines) is 1. The zero-order valence-corrected chi connectivity index (χ0v) is 13.1. The summed E-state index contributed by atoms with van der Waals surface area (Å²) in [6, 6.07) is 4.98. The van der Waals surface area contributed by atoms with E-state index in [9.17, 15) is 9.18 Å². The zero-order chi connectivity index (χ0) is 15.6. The number of nitrogens with zero attached hydrogens (tertiary/aromatic N) is 1. The van der Waals surface area contributed by atoms with Crippen molar-refractivity contribution in [1.82, 2.24) is 4.90 Å². The fourth-order valence-corrected chi connectivity index (χ4v) is 2.95. The molecule has 0 aromatic heterocycles. The van der Waals surface area contributed by atoms with Crippen LogP contribution in [-0.2, 0) is 9.53 Å². The molecule has 2 rings (SSSR count). The molecule has 0 spiro atoms. The van der Waals surface area contributed by atoms with E-state index in [4.69, 9.17) is 4.74 Å². The molecule has 5 heteroatoms. The van der Waals surface area contributed by atoms with Gasteiger partial charge in [-0.1, -0.05) is 0 Å². The SMILES string of the molecule is CCOC(=O)C1(Nc2cc(C)cc(F)c2)CC(C)N(C)C1. The molecule has 2 atom stereocenters. The first kappa shape index (κ1) is 15.8. The summed E-state index contributed by atoms with van der Waals surface area (Å²) in [4.78, 5) is 14.5. The fraction of sp³-hybridized carbons (Fsp3) is 0.562. The van der Waals surface area contributed by atoms with Crippen LogP contribution in [0, 0.1) is 12.7 Å². The largest absolute Gasteiger partial charge is 0.464 e. The van der Waals surface area contributed by atoms with Crippen LogP contribution in [0.3, 0.4) is 0 Å². The van der Waals surface area contributed by atoms with Crippen LogP contribution >= 0.6 is 0 Å². The summed E-state index contributed by atoms with van der Waals surface area (Å²) in [5.74, 6) is -0.584. The summed E-state index contributed by atoms with van der Waals surface area (Å²) >= 11 is 0. The van der Waals surface area contributed by atoms with E-state index in [0.29, 0.717) is 25.3 Å². The molecule has 1 N–H and O–H groups in total. The van der Waals surface area contributed by atoms with Gasteiger partial charge in [0.2, 0.25) is 0 Å². The number of likely N-dealkylation sites (N-methyl/N-ethyl adjacent to an activating group) is 1. The zero-order valence-electron chi connectivity index (χ0n) is 13.1. The van der Waals surface area contributed by atoms with Gasteiger partial charge < -0.3 is 15.0 Å². The number of esters is 1. The van der Waals surface area contributed by atoms with Crippen molar-refractivity contribution in [3.63, 3.8) is 0 Å². The molecule has 0 radical (unpaired) electrons. The average molecular weight is 294 g/mol. The number of carbonyl (C=O) groups is 1. The summed E-state index contributed by atoms with van der Waals surface area (Å²) in [6.45, 7) is 6.57. The van der Waals surface area contributed by atoms with Crippen molar-refractivity contribution in [1.29, 1.82) is 0 Å². The predicted octanol–water partition coefficient (Wildman–Crippen LogP) is 2.57. The predicted molar refractivity (Wildman–Crippen MR) is 80.8 cm³/mol. The minimum atomic E-state index is -0.815. The fourth-order valence-electron chi connectivity index (χ4n) is 2.95. The molecular formula is C16H23FN2O2. The van der Waals surface area contributed by atoms with Crippen LogP contribution in [0.15, 0.2) is 18.2 Å². The lowest BCUT2D eigenvalue weighted by Gasteiger charge is -2.29. The van der Waals surface area contributed by atoms with Gasteiger partial charge in [0.15, 0.2) is 0 Å². The number of nitrogens with one attached hydrogen (secondary N) is 1. The lowest BCUT2D eigenvalue weighted by molar-refractivity contribution is -0.148. The molecule has 0 amide bonds. The second kappa shape index (κ2) is 6.02. The smallest absolute Gasteiger partial charge is 0.333 e. The first-order valence-corrected chi connectivity index (χ1v) is 7.29. The summed E-state index contributed by atoms with van der Waals surface area (Å²) in [7, 11) is 1.98. The second-order valence-corrected chi connectivity index (χ2v) is 5.91. The Labute approximate surface area is 125 Å². The Hall–Kier alpha value is -1.62. The highest BCUT2D eigenvalue weighted by molar-refractivity contribution is 5.85. The van der Waals surface area contributed by atoms with Crippen molar-refractivity contribution in [3.05, 3.63) is 29.6 Å². The summed E-state index contributed by atoms with van der Waals surface area (Å²) < 4.78 is 18.8. The highest BCUT2D eigenvalue weighted by Gasteiger charge is 2.48. The number of hydrogen-bond acceptors (Lipinski definition) is 4. The topological polar surface area (TPSA) is 41.6 Å². The van der Waals surface area contributed by atoms with Gasteiger partial charge >= 0.3 is 5.97 Å². The maximum atomic E-state index is 13.6. The first-order valence-electron chi connectivity index (χ1n) is 7.29. The Morgan fingerprint density at radius 3 is 2.76 bits per heavy atom. The Morgan fingerprint density at radius 2 is 2.24 bits per heavy atom. The Bertz CT molecular complexity index is 503. The molecule has 1 aliphatic heterocycles. The van der Waals surface area contributed by atoms with Crippen LogP contribution in [0.1, 0.15) is 25.8 Å². The quantitative estimate of drug-likeness (QED) is 0.867. The number of carbonyl (C=O) groups excluding carboxylic acids is 1. The van der Waals surface area contributed by atoms with Gasteiger partial charge in [-0.15, -0.1) is 0 Å². The minimum absolute atomic E-state index is 0.261. The van der Waals surface area contributed by atoms with Crippen molar-refractivity contribution in [2.75, 3.05) is 25.5 Å². The number of anilines is 1. The Morgan fingerprint density at radius 1 is 1.52 bits per heavy atom. The standard InChI is InChI=1S/C16H23FN2O2/c1-5-21-15(20)16(9-12(3)19(4)10-16)18-14-7-11(2)6-13(17)8-14/h6-8,12,18H,5,9-10H2,1-4H3. The highest BCUT2D eigenvalue weighted by Crippen LogP contribution is 2.31. The van der Waals surface area contributed by atoms with Gasteiger partial charge in [-0.3, -0.25) is 0 Å². The van der Waals surface area contributed by atoms with Crippen LogP contribution in [0.25, 0.3) is 0 Å². The maximum Gasteiger partial charge on any atom is 0.333 e. The molecule has 4 nitrogen and oxygen atoms in total. The Balaban J connectivity index is 2.30. The van der Waals surface area contributed by atoms with Gasteiger partial charge in [0.25, 0.3) is 0 Å². The average Bonchev–Trinajstić information content (AvgIpc) is 2.64. The summed E-state index contributed by atoms with van der Waals surface area (Å²) in [6.07, 6.45) is 0.637. The lowest BCUT2D eigenvalue weighted by Crippen LogP contribution is -2.49. The van der Waals surface area contributed by atoms with E-state index in [1.807, 2.05) is 20.0 Å². The van der Waals surface area contributed by atoms with E-state index in [0.717, 1.165) is 5.56 Å². The van der Waals surface area contributed by atoms with E-state index in [1.54, 1.807) is 6.92 Å². The molecule has 1 aromatic rings. The van der Waals surface area contributed by atoms with Crippen molar-refractivity contribution >= 4 is 11.7 Å². The van der Waals surface area contributed by atoms with Gasteiger partial charge in [-0.2, -0.15) is 0 Å². The third kappa shape index (κ3) is 3.35. The first-order chi connectivity index (χ1) is 9.86. The molecule has 0 saturated carbocycles. The minimum Gasteiger partial charge on any atom is -0.464 e. The third-order valence-electron chi connectivity index (χ3n) is 4.01.